The Morgan fingerprint density at radius 3 is 1.05 bits per heavy atom. The zero-order valence-electron chi connectivity index (χ0n) is 28.8. The van der Waals surface area contributed by atoms with Gasteiger partial charge < -0.3 is 9.02 Å². The average molecular weight is 585 g/mol. The minimum Gasteiger partial charge on any atom is -1.00 e. The first kappa shape index (κ1) is 46.3. The third-order valence-corrected chi connectivity index (χ3v) is 6.44. The van der Waals surface area contributed by atoms with Crippen molar-refractivity contribution in [2.24, 2.45) is 0 Å². The molecule has 0 radical (unpaired) electrons. The first-order valence-corrected chi connectivity index (χ1v) is 16.7. The monoisotopic (exact) mass is 584 g/mol. The summed E-state index contributed by atoms with van der Waals surface area (Å²) in [4.78, 5) is 0. The molecule has 224 valence electrons. The van der Waals surface area contributed by atoms with Crippen LogP contribution in [0, 0.1) is 0 Å². The summed E-state index contributed by atoms with van der Waals surface area (Å²) in [5.41, 5.74) is 0. The molecule has 0 aliphatic carbocycles. The summed E-state index contributed by atoms with van der Waals surface area (Å²) >= 11 is 0. The van der Waals surface area contributed by atoms with E-state index in [4.69, 9.17) is 22.3 Å². The summed E-state index contributed by atoms with van der Waals surface area (Å²) in [5.74, 6) is 0. The van der Waals surface area contributed by atoms with Crippen molar-refractivity contribution in [2.45, 2.75) is 168 Å². The Kier molecular flexibility index (Phi) is 49.3. The summed E-state index contributed by atoms with van der Waals surface area (Å²) in [6, 6.07) is 0. The van der Waals surface area contributed by atoms with Crippen LogP contribution in [-0.2, 0) is 15.1 Å². The van der Waals surface area contributed by atoms with E-state index in [0.717, 1.165) is 13.2 Å². The predicted molar refractivity (Wildman–Crippen MR) is 165 cm³/mol. The van der Waals surface area contributed by atoms with Crippen molar-refractivity contribution in [3.63, 3.8) is 0 Å². The second-order valence-corrected chi connectivity index (χ2v) is 11.1. The fourth-order valence-corrected chi connectivity index (χ4v) is 4.25. The molecular weight excluding hydrogens is 520 g/mol. The Morgan fingerprint density at radius 2 is 0.763 bits per heavy atom. The molecule has 2 N–H and O–H groups in total. The van der Waals surface area contributed by atoms with Gasteiger partial charge in [0.15, 0.2) is 0 Å². The average Bonchev–Trinajstić information content (AvgIpc) is 2.82. The topological polar surface area (TPSA) is 83.8 Å². The molecule has 0 aromatic rings. The molecule has 0 rings (SSSR count). The van der Waals surface area contributed by atoms with Gasteiger partial charge >= 0.3 is 63.0 Å². The molecule has 0 bridgehead atoms. The molecule has 0 aromatic carbocycles. The van der Waals surface area contributed by atoms with Crippen molar-refractivity contribution in [3.8, 4) is 0 Å². The first-order valence-electron chi connectivity index (χ1n) is 15.3. The minimum atomic E-state index is -4.67. The molecule has 0 fully saturated rings. The Morgan fingerprint density at radius 1 is 0.526 bits per heavy atom. The second-order valence-electron chi connectivity index (χ2n) is 10.2. The standard InChI is InChI=1S/C30H60O.Mg.Na.H2O4S.3H/c1-3-5-7-9-11-13-15-16-17-18-19-20-22-24-26-28-30-31-29-27-25-23-21-14-12-10-8-6-4-2;;;1-5(2,3)4;;;/h16-17H,3-15,18-30H2,1-2H3;;;(H2,1,2,3,4);;;/q;+2;+1;;3*-1. The number of hydrogen-bond donors (Lipinski definition) is 2. The van der Waals surface area contributed by atoms with Crippen molar-refractivity contribution >= 4 is 33.5 Å². The Balaban J connectivity index is -0.000000212. The van der Waals surface area contributed by atoms with Gasteiger partial charge in [-0.05, 0) is 38.5 Å². The molecule has 0 heterocycles. The van der Waals surface area contributed by atoms with E-state index in [1.807, 2.05) is 0 Å². The molecule has 0 aliphatic heterocycles. The van der Waals surface area contributed by atoms with Crippen LogP contribution < -0.4 is 29.6 Å². The number of allylic oxidation sites excluding steroid dienone is 2. The van der Waals surface area contributed by atoms with Crippen molar-refractivity contribution < 1.29 is 56.1 Å². The molecule has 0 atom stereocenters. The third-order valence-electron chi connectivity index (χ3n) is 6.44. The van der Waals surface area contributed by atoms with E-state index < -0.39 is 10.4 Å². The molecule has 8 heteroatoms. The van der Waals surface area contributed by atoms with Crippen molar-refractivity contribution in [3.05, 3.63) is 12.2 Å². The van der Waals surface area contributed by atoms with Gasteiger partial charge in [-0.2, -0.15) is 8.42 Å². The van der Waals surface area contributed by atoms with Crippen LogP contribution in [0.1, 0.15) is 172 Å². The van der Waals surface area contributed by atoms with Crippen LogP contribution in [0.5, 0.6) is 0 Å². The largest absolute Gasteiger partial charge is 2.00 e. The SMILES string of the molecule is CCCCCCCCC=CCCCCCCCCOCCCCCCCCCCCC.O=S(=O)(O)O.[H-].[H-].[H-].[Mg+2].[Na+]. The predicted octanol–water partition coefficient (Wildman–Crippen LogP) is 7.27. The normalized spacial score (nSPS) is 11.1. The van der Waals surface area contributed by atoms with Gasteiger partial charge in [0.2, 0.25) is 0 Å². The first-order chi connectivity index (χ1) is 17.4. The number of ether oxygens (including phenoxy) is 1. The van der Waals surface area contributed by atoms with Gasteiger partial charge in [0.1, 0.15) is 0 Å². The molecule has 0 saturated heterocycles. The summed E-state index contributed by atoms with van der Waals surface area (Å²) in [7, 11) is -4.67. The molecule has 0 saturated carbocycles. The van der Waals surface area contributed by atoms with Gasteiger partial charge in [0.25, 0.3) is 0 Å². The fourth-order valence-electron chi connectivity index (χ4n) is 4.25. The van der Waals surface area contributed by atoms with Gasteiger partial charge in [-0.3, -0.25) is 9.11 Å². The summed E-state index contributed by atoms with van der Waals surface area (Å²) in [6.45, 7) is 6.55. The van der Waals surface area contributed by atoms with Crippen LogP contribution in [0.15, 0.2) is 12.2 Å². The van der Waals surface area contributed by atoms with E-state index in [1.165, 1.54) is 154 Å². The Labute approximate surface area is 281 Å². The van der Waals surface area contributed by atoms with E-state index in [1.54, 1.807) is 0 Å². The number of hydrogen-bond acceptors (Lipinski definition) is 3. The van der Waals surface area contributed by atoms with Crippen molar-refractivity contribution in [1.29, 1.82) is 0 Å². The van der Waals surface area contributed by atoms with Crippen LogP contribution in [0.4, 0.5) is 0 Å². The maximum Gasteiger partial charge on any atom is 2.00 e. The molecule has 0 spiro atoms. The molecular formula is C30H65MgNaO5S. The van der Waals surface area contributed by atoms with Crippen molar-refractivity contribution in [2.75, 3.05) is 13.2 Å². The Bertz CT molecular complexity index is 540. The van der Waals surface area contributed by atoms with Crippen LogP contribution >= 0.6 is 0 Å². The van der Waals surface area contributed by atoms with Gasteiger partial charge in [-0.25, -0.2) is 0 Å². The summed E-state index contributed by atoms with van der Waals surface area (Å²) < 4.78 is 37.4. The number of rotatable bonds is 27. The third kappa shape index (κ3) is 57.3. The molecule has 0 aliphatic rings. The van der Waals surface area contributed by atoms with Crippen molar-refractivity contribution in [1.82, 2.24) is 0 Å². The molecule has 0 aromatic heterocycles. The molecule has 0 unspecified atom stereocenters. The fraction of sp³-hybridized carbons (Fsp3) is 0.933. The minimum absolute atomic E-state index is 0. The van der Waals surface area contributed by atoms with Gasteiger partial charge in [0.05, 0.1) is 0 Å². The van der Waals surface area contributed by atoms with Gasteiger partial charge in [-0.15, -0.1) is 0 Å². The Hall–Kier alpha value is 1.34. The number of unbranched alkanes of at least 4 members (excludes halogenated alkanes) is 21. The van der Waals surface area contributed by atoms with E-state index in [0.29, 0.717) is 0 Å². The van der Waals surface area contributed by atoms with Crippen LogP contribution in [-0.4, -0.2) is 53.8 Å². The van der Waals surface area contributed by atoms with Gasteiger partial charge in [0, 0.05) is 13.2 Å². The zero-order chi connectivity index (χ0) is 27.0. The maximum atomic E-state index is 8.74. The maximum absolute atomic E-state index is 8.74. The van der Waals surface area contributed by atoms with Crippen LogP contribution in [0.25, 0.3) is 0 Å². The summed E-state index contributed by atoms with van der Waals surface area (Å²) in [6.07, 6.45) is 38.1. The van der Waals surface area contributed by atoms with E-state index in [9.17, 15) is 0 Å². The zero-order valence-corrected chi connectivity index (χ0v) is 30.0. The van der Waals surface area contributed by atoms with E-state index in [-0.39, 0.29) is 56.9 Å². The second kappa shape index (κ2) is 40.5. The smallest absolute Gasteiger partial charge is 1.00 e. The molecule has 38 heavy (non-hydrogen) atoms. The van der Waals surface area contributed by atoms with Crippen LogP contribution in [0.3, 0.4) is 0 Å². The van der Waals surface area contributed by atoms with Crippen LogP contribution in [0.2, 0.25) is 0 Å². The van der Waals surface area contributed by atoms with E-state index >= 15 is 0 Å². The quantitative estimate of drug-likeness (QED) is 0.0459. The van der Waals surface area contributed by atoms with E-state index in [2.05, 4.69) is 26.0 Å². The summed E-state index contributed by atoms with van der Waals surface area (Å²) in [5, 5.41) is 0. The van der Waals surface area contributed by atoms with Gasteiger partial charge in [-0.1, -0.05) is 142 Å². The molecule has 5 nitrogen and oxygen atoms in total. The molecule has 0 amide bonds.